The fraction of sp³-hybridized carbons (Fsp3) is 0.742. The molecule has 0 radical (unpaired) electrons. The fourth-order valence-corrected chi connectivity index (χ4v) is 5.89. The second kappa shape index (κ2) is 12.6. The van der Waals surface area contributed by atoms with E-state index in [4.69, 9.17) is 9.47 Å². The third-order valence-corrected chi connectivity index (χ3v) is 7.95. The Bertz CT molecular complexity index is 936. The van der Waals surface area contributed by atoms with Crippen molar-refractivity contribution in [2.45, 2.75) is 136 Å². The van der Waals surface area contributed by atoms with Crippen LogP contribution in [0.4, 0.5) is 9.18 Å². The summed E-state index contributed by atoms with van der Waals surface area (Å²) >= 11 is 0. The highest BCUT2D eigenvalue weighted by Gasteiger charge is 2.40. The Morgan fingerprint density at radius 2 is 1.70 bits per heavy atom. The van der Waals surface area contributed by atoms with Crippen molar-refractivity contribution < 1.29 is 23.5 Å². The van der Waals surface area contributed by atoms with Crippen LogP contribution in [0.3, 0.4) is 0 Å². The Hall–Kier alpha value is -2.11. The summed E-state index contributed by atoms with van der Waals surface area (Å²) in [6.07, 6.45) is 11.5. The van der Waals surface area contributed by atoms with Gasteiger partial charge in [0.25, 0.3) is 0 Å². The van der Waals surface area contributed by atoms with Gasteiger partial charge in [-0.3, -0.25) is 4.79 Å². The Balaban J connectivity index is 1.80. The zero-order valence-corrected chi connectivity index (χ0v) is 23.9. The van der Waals surface area contributed by atoms with Crippen molar-refractivity contribution in [2.24, 2.45) is 11.3 Å². The summed E-state index contributed by atoms with van der Waals surface area (Å²) in [5, 5.41) is 3.14. The molecule has 5 nitrogen and oxygen atoms in total. The summed E-state index contributed by atoms with van der Waals surface area (Å²) < 4.78 is 26.8. The molecule has 0 aliphatic heterocycles. The van der Waals surface area contributed by atoms with Crippen LogP contribution in [0.25, 0.3) is 0 Å². The number of hydrogen-bond acceptors (Lipinski definition) is 4. The number of rotatable bonds is 9. The molecule has 3 rings (SSSR count). The van der Waals surface area contributed by atoms with E-state index in [9.17, 15) is 9.59 Å². The van der Waals surface area contributed by atoms with Crippen LogP contribution >= 0.6 is 0 Å². The van der Waals surface area contributed by atoms with E-state index in [0.717, 1.165) is 56.9 Å². The van der Waals surface area contributed by atoms with Crippen LogP contribution in [-0.2, 0) is 16.0 Å². The smallest absolute Gasteiger partial charge is 0.407 e. The molecule has 6 heteroatoms. The maximum atomic E-state index is 15.4. The molecule has 2 bridgehead atoms. The second-order valence-electron chi connectivity index (χ2n) is 12.8. The minimum Gasteiger partial charge on any atom is -0.444 e. The molecule has 0 spiro atoms. The third-order valence-electron chi connectivity index (χ3n) is 7.95. The molecule has 1 N–H and O–H groups in total. The number of ether oxygens (including phenoxy) is 2. The molecule has 1 amide bonds. The molecule has 1 aromatic carbocycles. The van der Waals surface area contributed by atoms with Gasteiger partial charge in [-0.15, -0.1) is 0 Å². The molecule has 0 heterocycles. The van der Waals surface area contributed by atoms with Gasteiger partial charge in [0.15, 0.2) is 0 Å². The first kappa shape index (κ1) is 29.4. The van der Waals surface area contributed by atoms with E-state index in [1.54, 1.807) is 0 Å². The lowest BCUT2D eigenvalue weighted by Gasteiger charge is -2.42. The topological polar surface area (TPSA) is 64.6 Å². The Kier molecular flexibility index (Phi) is 10.0. The largest absolute Gasteiger partial charge is 0.444 e. The van der Waals surface area contributed by atoms with E-state index in [1.807, 2.05) is 40.7 Å². The number of benzene rings is 1. The normalized spacial score (nSPS) is 21.9. The van der Waals surface area contributed by atoms with Crippen LogP contribution in [0.5, 0.6) is 5.75 Å². The fourth-order valence-electron chi connectivity index (χ4n) is 5.89. The number of carbonyl (C=O) groups is 2. The van der Waals surface area contributed by atoms with Gasteiger partial charge in [-0.2, -0.15) is 0 Å². The van der Waals surface area contributed by atoms with Crippen LogP contribution in [0.15, 0.2) is 12.1 Å². The molecule has 2 unspecified atom stereocenters. The first-order chi connectivity index (χ1) is 17.4. The molecular formula is C31H48FNO4. The lowest BCUT2D eigenvalue weighted by molar-refractivity contribution is -0.144. The number of fused-ring (bicyclic) bond motifs is 4. The molecular weight excluding hydrogens is 469 g/mol. The predicted octanol–water partition coefficient (Wildman–Crippen LogP) is 8.23. The van der Waals surface area contributed by atoms with Crippen molar-refractivity contribution in [1.82, 2.24) is 5.32 Å². The standard InChI is InChI=1S/C31H48FNO4/c1-7-8-9-10-14-17-31(5,6)28(34)36-22-19-24-23-16-13-11-12-15-21(18-25(24)26(32)20-22)27(23)33-29(35)37-30(2,3)4/h19-21,23,27H,7-18H2,1-6H3,(H,33,35)/t21-,23?,27?/m0/s1. The van der Waals surface area contributed by atoms with Gasteiger partial charge in [0.2, 0.25) is 0 Å². The van der Waals surface area contributed by atoms with Crippen LogP contribution < -0.4 is 10.1 Å². The van der Waals surface area contributed by atoms with E-state index in [2.05, 4.69) is 12.2 Å². The molecule has 37 heavy (non-hydrogen) atoms. The van der Waals surface area contributed by atoms with Gasteiger partial charge < -0.3 is 14.8 Å². The van der Waals surface area contributed by atoms with Crippen molar-refractivity contribution in [1.29, 1.82) is 0 Å². The van der Waals surface area contributed by atoms with E-state index >= 15 is 4.39 Å². The molecule has 0 saturated heterocycles. The van der Waals surface area contributed by atoms with E-state index in [1.165, 1.54) is 25.3 Å². The van der Waals surface area contributed by atoms with Gasteiger partial charge in [-0.1, -0.05) is 58.3 Å². The Labute approximate surface area is 223 Å². The Morgan fingerprint density at radius 1 is 1.00 bits per heavy atom. The average Bonchev–Trinajstić information content (AvgIpc) is 2.78. The molecule has 1 fully saturated rings. The molecule has 2 aliphatic rings. The molecule has 1 aromatic rings. The first-order valence-electron chi connectivity index (χ1n) is 14.5. The second-order valence-corrected chi connectivity index (χ2v) is 12.8. The number of alkyl carbamates (subject to hydrolysis) is 1. The van der Waals surface area contributed by atoms with E-state index < -0.39 is 17.1 Å². The summed E-state index contributed by atoms with van der Waals surface area (Å²) in [4.78, 5) is 25.8. The SMILES string of the molecule is CCCCCCCC(C)(C)C(=O)Oc1cc(F)c2c(c1)C1CCCCC[C@@H](C2)C1NC(=O)OC(C)(C)C. The zero-order chi connectivity index (χ0) is 27.2. The maximum Gasteiger partial charge on any atom is 0.407 e. The number of amides is 1. The van der Waals surface area contributed by atoms with Gasteiger partial charge in [0, 0.05) is 18.0 Å². The predicted molar refractivity (Wildman–Crippen MR) is 145 cm³/mol. The minimum atomic E-state index is -0.634. The molecule has 2 aliphatic carbocycles. The van der Waals surface area contributed by atoms with Crippen molar-refractivity contribution in [2.75, 3.05) is 0 Å². The maximum absolute atomic E-state index is 15.4. The highest BCUT2D eigenvalue weighted by atomic mass is 19.1. The summed E-state index contributed by atoms with van der Waals surface area (Å²) in [5.41, 5.74) is 0.341. The lowest BCUT2D eigenvalue weighted by atomic mass is 9.68. The van der Waals surface area contributed by atoms with Crippen LogP contribution in [0.2, 0.25) is 0 Å². The van der Waals surface area contributed by atoms with Crippen molar-refractivity contribution in [3.63, 3.8) is 0 Å². The molecule has 1 saturated carbocycles. The van der Waals surface area contributed by atoms with Crippen molar-refractivity contribution in [3.8, 4) is 5.75 Å². The number of unbranched alkanes of at least 4 members (excludes halogenated alkanes) is 4. The van der Waals surface area contributed by atoms with Crippen LogP contribution in [0, 0.1) is 17.2 Å². The number of carbonyl (C=O) groups excluding carboxylic acids is 2. The summed E-state index contributed by atoms with van der Waals surface area (Å²) in [6.45, 7) is 11.6. The zero-order valence-electron chi connectivity index (χ0n) is 23.9. The summed E-state index contributed by atoms with van der Waals surface area (Å²) in [6, 6.07) is 3.09. The highest BCUT2D eigenvalue weighted by molar-refractivity contribution is 5.78. The van der Waals surface area contributed by atoms with Crippen LogP contribution in [0.1, 0.15) is 129 Å². The molecule has 0 aromatic heterocycles. The van der Waals surface area contributed by atoms with Gasteiger partial charge in [-0.25, -0.2) is 9.18 Å². The molecule has 3 atom stereocenters. The van der Waals surface area contributed by atoms with Gasteiger partial charge in [0.05, 0.1) is 5.41 Å². The monoisotopic (exact) mass is 517 g/mol. The van der Waals surface area contributed by atoms with Gasteiger partial charge in [0.1, 0.15) is 17.2 Å². The first-order valence-corrected chi connectivity index (χ1v) is 14.5. The van der Waals surface area contributed by atoms with Crippen LogP contribution in [-0.4, -0.2) is 23.7 Å². The summed E-state index contributed by atoms with van der Waals surface area (Å²) in [7, 11) is 0. The molecule has 208 valence electrons. The minimum absolute atomic E-state index is 0.0405. The van der Waals surface area contributed by atoms with E-state index in [-0.39, 0.29) is 35.4 Å². The highest BCUT2D eigenvalue weighted by Crippen LogP contribution is 2.44. The Morgan fingerprint density at radius 3 is 2.41 bits per heavy atom. The average molecular weight is 518 g/mol. The summed E-state index contributed by atoms with van der Waals surface area (Å²) in [5.74, 6) is -0.265. The number of halogens is 1. The van der Waals surface area contributed by atoms with Crippen molar-refractivity contribution >= 4 is 12.1 Å². The quantitative estimate of drug-likeness (QED) is 0.204. The number of esters is 1. The third kappa shape index (κ3) is 8.19. The lowest BCUT2D eigenvalue weighted by Crippen LogP contribution is -2.49. The van der Waals surface area contributed by atoms with Gasteiger partial charge in [-0.05, 0) is 83.4 Å². The number of hydrogen-bond donors (Lipinski definition) is 1. The van der Waals surface area contributed by atoms with Crippen molar-refractivity contribution in [3.05, 3.63) is 29.1 Å². The number of nitrogens with one attached hydrogen (secondary N) is 1. The van der Waals surface area contributed by atoms with Gasteiger partial charge >= 0.3 is 12.1 Å². The van der Waals surface area contributed by atoms with E-state index in [0.29, 0.717) is 12.0 Å².